The molecule has 0 radical (unpaired) electrons. The molecule has 0 aromatic carbocycles. The SMILES string of the molecule is CC(C)(C)c1cc(NC(=O)c2cc(Cl)ncc2N)n[nH]1. The van der Waals surface area contributed by atoms with Crippen LogP contribution in [0.2, 0.25) is 5.15 Å². The fraction of sp³-hybridized carbons (Fsp3) is 0.308. The van der Waals surface area contributed by atoms with Gasteiger partial charge in [-0.3, -0.25) is 9.89 Å². The maximum Gasteiger partial charge on any atom is 0.259 e. The van der Waals surface area contributed by atoms with E-state index in [1.165, 1.54) is 12.3 Å². The van der Waals surface area contributed by atoms with E-state index in [0.717, 1.165) is 5.69 Å². The van der Waals surface area contributed by atoms with E-state index in [1.54, 1.807) is 6.07 Å². The molecule has 0 unspecified atom stereocenters. The Balaban J connectivity index is 2.20. The van der Waals surface area contributed by atoms with Gasteiger partial charge in [0.25, 0.3) is 5.91 Å². The number of anilines is 2. The number of nitrogens with two attached hydrogens (primary N) is 1. The van der Waals surface area contributed by atoms with Crippen LogP contribution >= 0.6 is 11.6 Å². The van der Waals surface area contributed by atoms with Crippen molar-refractivity contribution in [3.8, 4) is 0 Å². The molecule has 0 atom stereocenters. The Kier molecular flexibility index (Phi) is 3.67. The summed E-state index contributed by atoms with van der Waals surface area (Å²) in [5, 5.41) is 9.83. The van der Waals surface area contributed by atoms with Crippen molar-refractivity contribution in [1.29, 1.82) is 0 Å². The van der Waals surface area contributed by atoms with Crippen LogP contribution < -0.4 is 11.1 Å². The van der Waals surface area contributed by atoms with E-state index >= 15 is 0 Å². The van der Waals surface area contributed by atoms with Gasteiger partial charge in [-0.25, -0.2) is 4.98 Å². The standard InChI is InChI=1S/C13H16ClN5O/c1-13(2,3)9-5-11(19-18-9)17-12(20)7-4-10(14)16-6-8(7)15/h4-6H,15H2,1-3H3,(H2,17,18,19,20). The summed E-state index contributed by atoms with van der Waals surface area (Å²) >= 11 is 5.76. The van der Waals surface area contributed by atoms with E-state index in [2.05, 4.69) is 20.5 Å². The van der Waals surface area contributed by atoms with Gasteiger partial charge in [0.05, 0.1) is 17.4 Å². The molecule has 1 amide bonds. The number of nitrogen functional groups attached to an aromatic ring is 1. The Bertz CT molecular complexity index is 644. The van der Waals surface area contributed by atoms with Crippen LogP contribution in [-0.2, 0) is 5.41 Å². The van der Waals surface area contributed by atoms with Crippen LogP contribution in [0.1, 0.15) is 36.8 Å². The third-order valence-electron chi connectivity index (χ3n) is 2.77. The average molecular weight is 294 g/mol. The first kappa shape index (κ1) is 14.3. The molecule has 0 fully saturated rings. The third kappa shape index (κ3) is 3.08. The van der Waals surface area contributed by atoms with Crippen LogP contribution in [0.3, 0.4) is 0 Å². The summed E-state index contributed by atoms with van der Waals surface area (Å²) in [5.74, 6) is 0.0611. The maximum absolute atomic E-state index is 12.1. The zero-order chi connectivity index (χ0) is 14.9. The van der Waals surface area contributed by atoms with E-state index in [9.17, 15) is 4.79 Å². The highest BCUT2D eigenvalue weighted by molar-refractivity contribution is 6.30. The lowest BCUT2D eigenvalue weighted by Gasteiger charge is -2.14. The number of aromatic amines is 1. The van der Waals surface area contributed by atoms with E-state index in [1.807, 2.05) is 20.8 Å². The number of H-pyrrole nitrogens is 1. The van der Waals surface area contributed by atoms with Crippen LogP contribution in [-0.4, -0.2) is 21.1 Å². The monoisotopic (exact) mass is 293 g/mol. The predicted octanol–water partition coefficient (Wildman–Crippen LogP) is 2.59. The minimum absolute atomic E-state index is 0.0744. The molecular weight excluding hydrogens is 278 g/mol. The average Bonchev–Trinajstić information content (AvgIpc) is 2.80. The first-order valence-electron chi connectivity index (χ1n) is 6.05. The smallest absolute Gasteiger partial charge is 0.259 e. The fourth-order valence-electron chi connectivity index (χ4n) is 1.59. The van der Waals surface area contributed by atoms with Gasteiger partial charge in [0.2, 0.25) is 0 Å². The molecule has 7 heteroatoms. The lowest BCUT2D eigenvalue weighted by Crippen LogP contribution is -2.14. The fourth-order valence-corrected chi connectivity index (χ4v) is 1.75. The van der Waals surface area contributed by atoms with E-state index in [0.29, 0.717) is 5.82 Å². The molecule has 20 heavy (non-hydrogen) atoms. The summed E-state index contributed by atoms with van der Waals surface area (Å²) in [5.41, 5.74) is 7.09. The number of halogens is 1. The number of hydrogen-bond acceptors (Lipinski definition) is 4. The first-order chi connectivity index (χ1) is 9.27. The van der Waals surface area contributed by atoms with Gasteiger partial charge in [-0.1, -0.05) is 32.4 Å². The molecule has 2 aromatic rings. The first-order valence-corrected chi connectivity index (χ1v) is 6.43. The molecule has 0 saturated carbocycles. The molecule has 0 saturated heterocycles. The molecular formula is C13H16ClN5O. The number of rotatable bonds is 2. The molecule has 2 aromatic heterocycles. The highest BCUT2D eigenvalue weighted by Crippen LogP contribution is 2.22. The van der Waals surface area contributed by atoms with Gasteiger partial charge in [0, 0.05) is 17.2 Å². The Labute approximate surface area is 121 Å². The van der Waals surface area contributed by atoms with Crippen LogP contribution in [0.25, 0.3) is 0 Å². The number of carbonyl (C=O) groups excluding carboxylic acids is 1. The zero-order valence-electron chi connectivity index (χ0n) is 11.5. The van der Waals surface area contributed by atoms with Gasteiger partial charge in [-0.2, -0.15) is 5.10 Å². The van der Waals surface area contributed by atoms with Gasteiger partial charge in [-0.15, -0.1) is 0 Å². The number of nitrogens with zero attached hydrogens (tertiary/aromatic N) is 2. The van der Waals surface area contributed by atoms with Crippen LogP contribution in [0.15, 0.2) is 18.3 Å². The predicted molar refractivity (Wildman–Crippen MR) is 78.9 cm³/mol. The molecule has 106 valence electrons. The molecule has 4 N–H and O–H groups in total. The number of nitrogens with one attached hydrogen (secondary N) is 2. The molecule has 2 heterocycles. The molecule has 6 nitrogen and oxygen atoms in total. The number of amides is 1. The van der Waals surface area contributed by atoms with E-state index in [4.69, 9.17) is 17.3 Å². The summed E-state index contributed by atoms with van der Waals surface area (Å²) in [6.45, 7) is 6.15. The second-order valence-electron chi connectivity index (χ2n) is 5.47. The van der Waals surface area contributed by atoms with Crippen molar-refractivity contribution in [3.05, 3.63) is 34.7 Å². The normalized spacial score (nSPS) is 11.4. The minimum Gasteiger partial charge on any atom is -0.397 e. The van der Waals surface area contributed by atoms with Gasteiger partial charge >= 0.3 is 0 Å². The summed E-state index contributed by atoms with van der Waals surface area (Å²) in [7, 11) is 0. The zero-order valence-corrected chi connectivity index (χ0v) is 12.2. The van der Waals surface area contributed by atoms with Gasteiger partial charge in [-0.05, 0) is 6.07 Å². The second-order valence-corrected chi connectivity index (χ2v) is 5.85. The number of carbonyl (C=O) groups is 1. The molecule has 0 aliphatic carbocycles. The van der Waals surface area contributed by atoms with Crippen LogP contribution in [0.5, 0.6) is 0 Å². The van der Waals surface area contributed by atoms with Crippen molar-refractivity contribution in [2.75, 3.05) is 11.1 Å². The Morgan fingerprint density at radius 1 is 1.40 bits per heavy atom. The summed E-state index contributed by atoms with van der Waals surface area (Å²) in [6.07, 6.45) is 1.35. The molecule has 2 rings (SSSR count). The summed E-state index contributed by atoms with van der Waals surface area (Å²) < 4.78 is 0. The number of pyridine rings is 1. The van der Waals surface area contributed by atoms with Crippen molar-refractivity contribution in [3.63, 3.8) is 0 Å². The largest absolute Gasteiger partial charge is 0.397 e. The highest BCUT2D eigenvalue weighted by atomic mass is 35.5. The van der Waals surface area contributed by atoms with E-state index in [-0.39, 0.29) is 27.7 Å². The van der Waals surface area contributed by atoms with Crippen molar-refractivity contribution in [2.45, 2.75) is 26.2 Å². The van der Waals surface area contributed by atoms with Crippen molar-refractivity contribution in [2.24, 2.45) is 0 Å². The lowest BCUT2D eigenvalue weighted by molar-refractivity contribution is 0.102. The Hall–Kier alpha value is -2.08. The quantitative estimate of drug-likeness (QED) is 0.741. The molecule has 0 spiro atoms. The van der Waals surface area contributed by atoms with Crippen LogP contribution in [0, 0.1) is 0 Å². The second kappa shape index (κ2) is 5.13. The van der Waals surface area contributed by atoms with Gasteiger partial charge in [0.15, 0.2) is 5.82 Å². The van der Waals surface area contributed by atoms with Crippen molar-refractivity contribution in [1.82, 2.24) is 15.2 Å². The number of hydrogen-bond donors (Lipinski definition) is 3. The molecule has 0 aliphatic rings. The molecule has 0 aliphatic heterocycles. The number of aromatic nitrogens is 3. The lowest BCUT2D eigenvalue weighted by atomic mass is 9.92. The van der Waals surface area contributed by atoms with Crippen molar-refractivity contribution >= 4 is 29.0 Å². The van der Waals surface area contributed by atoms with E-state index < -0.39 is 0 Å². The topological polar surface area (TPSA) is 96.7 Å². The summed E-state index contributed by atoms with van der Waals surface area (Å²) in [4.78, 5) is 15.9. The highest BCUT2D eigenvalue weighted by Gasteiger charge is 2.18. The maximum atomic E-state index is 12.1. The Morgan fingerprint density at radius 3 is 2.70 bits per heavy atom. The van der Waals surface area contributed by atoms with Crippen LogP contribution in [0.4, 0.5) is 11.5 Å². The molecule has 0 bridgehead atoms. The Morgan fingerprint density at radius 2 is 2.10 bits per heavy atom. The minimum atomic E-state index is -0.376. The van der Waals surface area contributed by atoms with Crippen molar-refractivity contribution < 1.29 is 4.79 Å². The van der Waals surface area contributed by atoms with Gasteiger partial charge < -0.3 is 11.1 Å². The summed E-state index contributed by atoms with van der Waals surface area (Å²) in [6, 6.07) is 3.21. The van der Waals surface area contributed by atoms with Gasteiger partial charge in [0.1, 0.15) is 5.15 Å². The third-order valence-corrected chi connectivity index (χ3v) is 2.98.